The van der Waals surface area contributed by atoms with Crippen LogP contribution in [-0.2, 0) is 0 Å². The third-order valence-electron chi connectivity index (χ3n) is 2.99. The molecule has 2 nitrogen and oxygen atoms in total. The van der Waals surface area contributed by atoms with E-state index in [4.69, 9.17) is 16.3 Å². The van der Waals surface area contributed by atoms with E-state index in [0.29, 0.717) is 16.3 Å². The van der Waals surface area contributed by atoms with Gasteiger partial charge >= 0.3 is 0 Å². The van der Waals surface area contributed by atoms with E-state index in [0.717, 1.165) is 11.1 Å². The molecule has 0 saturated heterocycles. The first kappa shape index (κ1) is 12.9. The van der Waals surface area contributed by atoms with Crippen LogP contribution in [0.15, 0.2) is 42.5 Å². The maximum absolute atomic E-state index is 10.4. The first-order chi connectivity index (χ1) is 8.63. The minimum atomic E-state index is -0.718. The molecule has 0 aliphatic rings. The fourth-order valence-electron chi connectivity index (χ4n) is 1.92. The number of methoxy groups -OCH3 is 1. The molecule has 0 heterocycles. The number of aryl methyl sites for hydroxylation is 1. The molecule has 0 aliphatic heterocycles. The van der Waals surface area contributed by atoms with Crippen molar-refractivity contribution in [1.82, 2.24) is 0 Å². The smallest absolute Gasteiger partial charge is 0.120 e. The lowest BCUT2D eigenvalue weighted by Crippen LogP contribution is -2.02. The standard InChI is InChI=1S/C15H15ClO2/c1-10-5-3-4-6-12(10)15(17)13-8-7-11(18-2)9-14(13)16/h3-9,15,17H,1-2H3. The maximum atomic E-state index is 10.4. The van der Waals surface area contributed by atoms with Crippen molar-refractivity contribution in [3.05, 3.63) is 64.2 Å². The molecule has 94 valence electrons. The minimum absolute atomic E-state index is 0.505. The zero-order chi connectivity index (χ0) is 13.1. The van der Waals surface area contributed by atoms with Gasteiger partial charge in [0.05, 0.1) is 12.1 Å². The molecule has 0 saturated carbocycles. The molecule has 18 heavy (non-hydrogen) atoms. The number of halogens is 1. The first-order valence-corrected chi connectivity index (χ1v) is 6.08. The van der Waals surface area contributed by atoms with Gasteiger partial charge in [0.15, 0.2) is 0 Å². The molecule has 2 aromatic carbocycles. The normalized spacial score (nSPS) is 12.2. The van der Waals surface area contributed by atoms with Crippen LogP contribution in [0.2, 0.25) is 5.02 Å². The van der Waals surface area contributed by atoms with Crippen LogP contribution in [0.25, 0.3) is 0 Å². The molecule has 3 heteroatoms. The summed E-state index contributed by atoms with van der Waals surface area (Å²) >= 11 is 6.17. The van der Waals surface area contributed by atoms with E-state index in [9.17, 15) is 5.11 Å². The van der Waals surface area contributed by atoms with E-state index < -0.39 is 6.10 Å². The minimum Gasteiger partial charge on any atom is -0.497 e. The summed E-state index contributed by atoms with van der Waals surface area (Å²) in [4.78, 5) is 0. The van der Waals surface area contributed by atoms with Crippen molar-refractivity contribution < 1.29 is 9.84 Å². The molecule has 0 aliphatic carbocycles. The third-order valence-corrected chi connectivity index (χ3v) is 3.31. The summed E-state index contributed by atoms with van der Waals surface area (Å²) in [6.45, 7) is 1.97. The van der Waals surface area contributed by atoms with Gasteiger partial charge in [0.2, 0.25) is 0 Å². The molecular weight excluding hydrogens is 248 g/mol. The molecule has 1 unspecified atom stereocenters. The van der Waals surface area contributed by atoms with Gasteiger partial charge in [0.1, 0.15) is 11.9 Å². The van der Waals surface area contributed by atoms with Crippen LogP contribution in [0, 0.1) is 6.92 Å². The summed E-state index contributed by atoms with van der Waals surface area (Å²) in [5, 5.41) is 10.9. The summed E-state index contributed by atoms with van der Waals surface area (Å²) in [5.74, 6) is 0.681. The van der Waals surface area contributed by atoms with Crippen molar-refractivity contribution in [2.75, 3.05) is 7.11 Å². The molecule has 2 aromatic rings. The number of ether oxygens (including phenoxy) is 1. The number of aliphatic hydroxyl groups is 1. The highest BCUT2D eigenvalue weighted by molar-refractivity contribution is 6.31. The molecule has 0 amide bonds. The predicted octanol–water partition coefficient (Wildman–Crippen LogP) is 3.74. The van der Waals surface area contributed by atoms with Crippen LogP contribution in [0.5, 0.6) is 5.75 Å². The van der Waals surface area contributed by atoms with Crippen LogP contribution in [0.4, 0.5) is 0 Å². The SMILES string of the molecule is COc1ccc(C(O)c2ccccc2C)c(Cl)c1. The van der Waals surface area contributed by atoms with Gasteiger partial charge in [-0.3, -0.25) is 0 Å². The van der Waals surface area contributed by atoms with E-state index in [1.807, 2.05) is 31.2 Å². The first-order valence-electron chi connectivity index (χ1n) is 5.70. The molecule has 0 aromatic heterocycles. The number of rotatable bonds is 3. The fourth-order valence-corrected chi connectivity index (χ4v) is 2.19. The van der Waals surface area contributed by atoms with Gasteiger partial charge in [0, 0.05) is 5.56 Å². The zero-order valence-electron chi connectivity index (χ0n) is 10.4. The van der Waals surface area contributed by atoms with Gasteiger partial charge in [-0.15, -0.1) is 0 Å². The Morgan fingerprint density at radius 1 is 1.11 bits per heavy atom. The van der Waals surface area contributed by atoms with Gasteiger partial charge in [-0.2, -0.15) is 0 Å². The van der Waals surface area contributed by atoms with Crippen LogP contribution in [0.1, 0.15) is 22.8 Å². The highest BCUT2D eigenvalue weighted by atomic mass is 35.5. The Morgan fingerprint density at radius 2 is 1.83 bits per heavy atom. The second-order valence-corrected chi connectivity index (χ2v) is 4.55. The summed E-state index contributed by atoms with van der Waals surface area (Å²) in [7, 11) is 1.59. The lowest BCUT2D eigenvalue weighted by atomic mass is 9.97. The van der Waals surface area contributed by atoms with E-state index in [1.165, 1.54) is 0 Å². The molecule has 0 radical (unpaired) electrons. The van der Waals surface area contributed by atoms with Crippen molar-refractivity contribution >= 4 is 11.6 Å². The van der Waals surface area contributed by atoms with Gasteiger partial charge in [-0.25, -0.2) is 0 Å². The monoisotopic (exact) mass is 262 g/mol. The van der Waals surface area contributed by atoms with Gasteiger partial charge in [-0.05, 0) is 30.2 Å². The Morgan fingerprint density at radius 3 is 2.44 bits per heavy atom. The average molecular weight is 263 g/mol. The second kappa shape index (κ2) is 5.42. The molecule has 0 bridgehead atoms. The topological polar surface area (TPSA) is 29.5 Å². The summed E-state index contributed by atoms with van der Waals surface area (Å²) in [6, 6.07) is 13.0. The Bertz CT molecular complexity index is 552. The van der Waals surface area contributed by atoms with E-state index in [2.05, 4.69) is 0 Å². The summed E-state index contributed by atoms with van der Waals surface area (Å²) in [5.41, 5.74) is 2.59. The number of aliphatic hydroxyl groups excluding tert-OH is 1. The maximum Gasteiger partial charge on any atom is 0.120 e. The zero-order valence-corrected chi connectivity index (χ0v) is 11.1. The average Bonchev–Trinajstić information content (AvgIpc) is 2.38. The van der Waals surface area contributed by atoms with Crippen molar-refractivity contribution in [2.24, 2.45) is 0 Å². The van der Waals surface area contributed by atoms with Crippen LogP contribution in [-0.4, -0.2) is 12.2 Å². The van der Waals surface area contributed by atoms with Crippen molar-refractivity contribution in [3.8, 4) is 5.75 Å². The Balaban J connectivity index is 2.40. The Kier molecular flexibility index (Phi) is 3.90. The number of hydrogen-bond acceptors (Lipinski definition) is 2. The molecule has 0 fully saturated rings. The largest absolute Gasteiger partial charge is 0.497 e. The lowest BCUT2D eigenvalue weighted by molar-refractivity contribution is 0.219. The van der Waals surface area contributed by atoms with Crippen LogP contribution < -0.4 is 4.74 Å². The third kappa shape index (κ3) is 2.50. The van der Waals surface area contributed by atoms with Crippen molar-refractivity contribution in [3.63, 3.8) is 0 Å². The predicted molar refractivity (Wildman–Crippen MR) is 73.2 cm³/mol. The number of hydrogen-bond donors (Lipinski definition) is 1. The molecule has 1 N–H and O–H groups in total. The molecule has 2 rings (SSSR count). The summed E-state index contributed by atoms with van der Waals surface area (Å²) in [6.07, 6.45) is -0.718. The Hall–Kier alpha value is -1.51. The molecule has 1 atom stereocenters. The quantitative estimate of drug-likeness (QED) is 0.913. The number of benzene rings is 2. The second-order valence-electron chi connectivity index (χ2n) is 4.15. The lowest BCUT2D eigenvalue weighted by Gasteiger charge is -2.16. The van der Waals surface area contributed by atoms with Crippen LogP contribution >= 0.6 is 11.6 Å². The van der Waals surface area contributed by atoms with E-state index in [1.54, 1.807) is 25.3 Å². The fraction of sp³-hybridized carbons (Fsp3) is 0.200. The Labute approximate surface area is 112 Å². The van der Waals surface area contributed by atoms with E-state index in [-0.39, 0.29) is 0 Å². The van der Waals surface area contributed by atoms with Crippen molar-refractivity contribution in [2.45, 2.75) is 13.0 Å². The molecular formula is C15H15ClO2. The van der Waals surface area contributed by atoms with Gasteiger partial charge in [-0.1, -0.05) is 41.9 Å². The highest BCUT2D eigenvalue weighted by Crippen LogP contribution is 2.32. The highest BCUT2D eigenvalue weighted by Gasteiger charge is 2.15. The van der Waals surface area contributed by atoms with Gasteiger partial charge in [0.25, 0.3) is 0 Å². The van der Waals surface area contributed by atoms with E-state index >= 15 is 0 Å². The summed E-state index contributed by atoms with van der Waals surface area (Å²) < 4.78 is 5.09. The van der Waals surface area contributed by atoms with Crippen molar-refractivity contribution in [1.29, 1.82) is 0 Å². The molecule has 0 spiro atoms. The van der Waals surface area contributed by atoms with Crippen LogP contribution in [0.3, 0.4) is 0 Å². The van der Waals surface area contributed by atoms with Gasteiger partial charge < -0.3 is 9.84 Å².